The summed E-state index contributed by atoms with van der Waals surface area (Å²) in [6.07, 6.45) is 4.50. The van der Waals surface area contributed by atoms with Crippen molar-refractivity contribution in [1.82, 2.24) is 0 Å². The number of hydrogen-bond acceptors (Lipinski definition) is 3. The molecular formula is C13H8I2O3. The number of benzene rings is 1. The second-order valence-electron chi connectivity index (χ2n) is 3.50. The normalized spacial score (nSPS) is 11.0. The number of carbonyl (C=O) groups is 1. The monoisotopic (exact) mass is 466 g/mol. The summed E-state index contributed by atoms with van der Waals surface area (Å²) in [5, 5.41) is 9.86. The van der Waals surface area contributed by atoms with Gasteiger partial charge in [0.1, 0.15) is 11.5 Å². The van der Waals surface area contributed by atoms with Crippen LogP contribution in [0.2, 0.25) is 0 Å². The van der Waals surface area contributed by atoms with E-state index in [4.69, 9.17) is 4.42 Å². The zero-order valence-corrected chi connectivity index (χ0v) is 13.4. The molecule has 0 spiro atoms. The predicted octanol–water partition coefficient (Wildman–Crippen LogP) is 4.09. The van der Waals surface area contributed by atoms with Gasteiger partial charge in [0, 0.05) is 3.57 Å². The first kappa shape index (κ1) is 13.6. The second-order valence-corrected chi connectivity index (χ2v) is 5.90. The molecule has 0 atom stereocenters. The molecule has 5 heteroatoms. The number of phenolic OH excluding ortho intramolecular Hbond substituents is 1. The van der Waals surface area contributed by atoms with E-state index in [2.05, 4.69) is 22.6 Å². The van der Waals surface area contributed by atoms with E-state index in [9.17, 15) is 9.90 Å². The molecule has 0 unspecified atom stereocenters. The molecule has 0 radical (unpaired) electrons. The van der Waals surface area contributed by atoms with Crippen LogP contribution in [0.4, 0.5) is 0 Å². The minimum absolute atomic E-state index is 0.0186. The average Bonchev–Trinajstić information content (AvgIpc) is 2.83. The Morgan fingerprint density at radius 2 is 2.11 bits per heavy atom. The Morgan fingerprint density at radius 1 is 1.33 bits per heavy atom. The van der Waals surface area contributed by atoms with E-state index in [0.29, 0.717) is 14.9 Å². The molecule has 0 saturated heterocycles. The van der Waals surface area contributed by atoms with E-state index in [1.54, 1.807) is 24.3 Å². The number of rotatable bonds is 3. The van der Waals surface area contributed by atoms with Gasteiger partial charge in [0.15, 0.2) is 5.78 Å². The van der Waals surface area contributed by atoms with Gasteiger partial charge in [-0.15, -0.1) is 0 Å². The second kappa shape index (κ2) is 5.87. The Hall–Kier alpha value is -0.830. The molecule has 2 rings (SSSR count). The van der Waals surface area contributed by atoms with Gasteiger partial charge in [-0.1, -0.05) is 0 Å². The smallest absolute Gasteiger partial charge is 0.189 e. The van der Waals surface area contributed by atoms with Gasteiger partial charge in [0.2, 0.25) is 0 Å². The number of aromatic hydroxyl groups is 1. The summed E-state index contributed by atoms with van der Waals surface area (Å²) in [4.78, 5) is 12.0. The van der Waals surface area contributed by atoms with Gasteiger partial charge in [0.25, 0.3) is 0 Å². The Labute approximate surface area is 131 Å². The molecular weight excluding hydrogens is 458 g/mol. The van der Waals surface area contributed by atoms with Crippen LogP contribution in [0.3, 0.4) is 0 Å². The maximum atomic E-state index is 12.0. The zero-order chi connectivity index (χ0) is 13.1. The maximum Gasteiger partial charge on any atom is 0.189 e. The molecule has 0 aliphatic carbocycles. The van der Waals surface area contributed by atoms with E-state index < -0.39 is 0 Å². The molecule has 18 heavy (non-hydrogen) atoms. The molecule has 3 nitrogen and oxygen atoms in total. The van der Waals surface area contributed by atoms with Crippen molar-refractivity contribution in [2.75, 3.05) is 0 Å². The fourth-order valence-electron chi connectivity index (χ4n) is 1.39. The average molecular weight is 466 g/mol. The third-order valence-corrected chi connectivity index (χ3v) is 3.68. The van der Waals surface area contributed by atoms with Crippen molar-refractivity contribution in [2.24, 2.45) is 0 Å². The highest BCUT2D eigenvalue weighted by molar-refractivity contribution is 14.1. The maximum absolute atomic E-state index is 12.0. The molecule has 92 valence electrons. The lowest BCUT2D eigenvalue weighted by Gasteiger charge is -2.04. The zero-order valence-electron chi connectivity index (χ0n) is 9.06. The predicted molar refractivity (Wildman–Crippen MR) is 85.6 cm³/mol. The first-order valence-corrected chi connectivity index (χ1v) is 7.17. The Morgan fingerprint density at radius 3 is 2.78 bits per heavy atom. The van der Waals surface area contributed by atoms with Crippen molar-refractivity contribution in [3.05, 3.63) is 55.1 Å². The molecule has 1 aromatic heterocycles. The highest BCUT2D eigenvalue weighted by Gasteiger charge is 2.12. The van der Waals surface area contributed by atoms with Crippen molar-refractivity contribution in [3.8, 4) is 5.75 Å². The summed E-state index contributed by atoms with van der Waals surface area (Å²) in [6, 6.07) is 6.97. The fraction of sp³-hybridized carbons (Fsp3) is 0. The minimum Gasteiger partial charge on any atom is -0.506 e. The Bertz CT molecular complexity index is 601. The molecule has 1 aromatic carbocycles. The van der Waals surface area contributed by atoms with E-state index in [-0.39, 0.29) is 11.5 Å². The van der Waals surface area contributed by atoms with Gasteiger partial charge in [-0.2, -0.15) is 0 Å². The SMILES string of the molecule is O=C(C=Cc1ccco1)c1cc(I)cc(I)c1O. The van der Waals surface area contributed by atoms with Crippen molar-refractivity contribution >= 4 is 57.0 Å². The molecule has 0 saturated carbocycles. The van der Waals surface area contributed by atoms with Crippen LogP contribution in [0.5, 0.6) is 5.75 Å². The van der Waals surface area contributed by atoms with Gasteiger partial charge in [-0.05, 0) is 81.6 Å². The molecule has 0 aliphatic heterocycles. The van der Waals surface area contributed by atoms with Crippen molar-refractivity contribution < 1.29 is 14.3 Å². The number of phenols is 1. The van der Waals surface area contributed by atoms with Gasteiger partial charge < -0.3 is 9.52 Å². The van der Waals surface area contributed by atoms with Crippen LogP contribution in [-0.2, 0) is 0 Å². The number of furan rings is 1. The number of hydrogen-bond donors (Lipinski definition) is 1. The number of halogens is 2. The van der Waals surface area contributed by atoms with Crippen LogP contribution >= 0.6 is 45.2 Å². The largest absolute Gasteiger partial charge is 0.506 e. The van der Waals surface area contributed by atoms with E-state index >= 15 is 0 Å². The van der Waals surface area contributed by atoms with Crippen LogP contribution in [0.15, 0.2) is 41.0 Å². The van der Waals surface area contributed by atoms with Gasteiger partial charge in [-0.25, -0.2) is 0 Å². The number of carbonyl (C=O) groups excluding carboxylic acids is 1. The molecule has 0 amide bonds. The molecule has 2 aromatic rings. The quantitative estimate of drug-likeness (QED) is 0.422. The van der Waals surface area contributed by atoms with Crippen molar-refractivity contribution in [2.45, 2.75) is 0 Å². The number of allylic oxidation sites excluding steroid dienone is 1. The Kier molecular flexibility index (Phi) is 4.44. The minimum atomic E-state index is -0.250. The summed E-state index contributed by atoms with van der Waals surface area (Å²) >= 11 is 4.11. The van der Waals surface area contributed by atoms with Gasteiger partial charge in [-0.3, -0.25) is 4.79 Å². The van der Waals surface area contributed by atoms with Crippen LogP contribution in [-0.4, -0.2) is 10.9 Å². The lowest BCUT2D eigenvalue weighted by Crippen LogP contribution is -1.97. The van der Waals surface area contributed by atoms with Crippen LogP contribution in [0.25, 0.3) is 6.08 Å². The summed E-state index contributed by atoms with van der Waals surface area (Å²) in [5.41, 5.74) is 0.300. The van der Waals surface area contributed by atoms with E-state index in [0.717, 1.165) is 3.57 Å². The summed E-state index contributed by atoms with van der Waals surface area (Å²) in [6.45, 7) is 0. The molecule has 1 N–H and O–H groups in total. The summed E-state index contributed by atoms with van der Waals surface area (Å²) in [7, 11) is 0. The molecule has 1 heterocycles. The fourth-order valence-corrected chi connectivity index (χ4v) is 3.23. The van der Waals surface area contributed by atoms with E-state index in [1.165, 1.54) is 12.3 Å². The van der Waals surface area contributed by atoms with Gasteiger partial charge >= 0.3 is 0 Å². The first-order chi connectivity index (χ1) is 8.58. The summed E-state index contributed by atoms with van der Waals surface area (Å²) < 4.78 is 6.66. The molecule has 0 fully saturated rings. The van der Waals surface area contributed by atoms with Gasteiger partial charge in [0.05, 0.1) is 15.4 Å². The first-order valence-electron chi connectivity index (χ1n) is 5.02. The number of ketones is 1. The van der Waals surface area contributed by atoms with Crippen molar-refractivity contribution in [1.29, 1.82) is 0 Å². The topological polar surface area (TPSA) is 50.4 Å². The Balaban J connectivity index is 2.29. The highest BCUT2D eigenvalue weighted by atomic mass is 127. The lowest BCUT2D eigenvalue weighted by atomic mass is 10.1. The van der Waals surface area contributed by atoms with Crippen LogP contribution in [0, 0.1) is 7.14 Å². The summed E-state index contributed by atoms with van der Waals surface area (Å²) in [5.74, 6) is 0.369. The van der Waals surface area contributed by atoms with E-state index in [1.807, 2.05) is 28.7 Å². The standard InChI is InChI=1S/C13H8I2O3/c14-8-6-10(13(17)11(15)7-8)12(16)4-3-9-2-1-5-18-9/h1-7,17H. The van der Waals surface area contributed by atoms with Crippen LogP contribution in [0.1, 0.15) is 16.1 Å². The van der Waals surface area contributed by atoms with Crippen LogP contribution < -0.4 is 0 Å². The highest BCUT2D eigenvalue weighted by Crippen LogP contribution is 2.27. The lowest BCUT2D eigenvalue weighted by molar-refractivity contribution is 0.104. The van der Waals surface area contributed by atoms with Crippen molar-refractivity contribution in [3.63, 3.8) is 0 Å². The third kappa shape index (κ3) is 3.14. The third-order valence-electron chi connectivity index (χ3n) is 2.24. The molecule has 0 aliphatic rings. The molecule has 0 bridgehead atoms.